The zero-order valence-electron chi connectivity index (χ0n) is 20.6. The molecule has 0 atom stereocenters. The van der Waals surface area contributed by atoms with E-state index in [1.165, 1.54) is 11.8 Å². The van der Waals surface area contributed by atoms with Gasteiger partial charge in [-0.15, -0.1) is 0 Å². The van der Waals surface area contributed by atoms with Gasteiger partial charge in [0.1, 0.15) is 17.9 Å². The van der Waals surface area contributed by atoms with E-state index in [1.807, 2.05) is 36.4 Å². The summed E-state index contributed by atoms with van der Waals surface area (Å²) in [5.74, 6) is 1.51. The summed E-state index contributed by atoms with van der Waals surface area (Å²) in [5, 5.41) is 7.56. The van der Waals surface area contributed by atoms with Gasteiger partial charge in [-0.3, -0.25) is 4.90 Å². The van der Waals surface area contributed by atoms with E-state index in [0.29, 0.717) is 28.2 Å². The van der Waals surface area contributed by atoms with Crippen LogP contribution in [0.25, 0.3) is 0 Å². The molecule has 186 valence electrons. The molecule has 2 aromatic carbocycles. The van der Waals surface area contributed by atoms with Crippen molar-refractivity contribution in [3.63, 3.8) is 0 Å². The van der Waals surface area contributed by atoms with Gasteiger partial charge in [-0.25, -0.2) is 4.98 Å². The van der Waals surface area contributed by atoms with Crippen LogP contribution in [0.3, 0.4) is 0 Å². The fourth-order valence-corrected chi connectivity index (χ4v) is 5.31. The molecule has 1 aliphatic heterocycles. The Labute approximate surface area is 212 Å². The van der Waals surface area contributed by atoms with E-state index in [1.54, 1.807) is 20.4 Å². The Morgan fingerprint density at radius 1 is 1.06 bits per heavy atom. The second-order valence-electron chi connectivity index (χ2n) is 9.12. The number of methoxy groups -OCH3 is 1. The van der Waals surface area contributed by atoms with Gasteiger partial charge in [0, 0.05) is 38.0 Å². The molecule has 1 aromatic heterocycles. The SMILES string of the molecule is COc1cc(CN2CCN(C)CC2)ccc1Nc1ncc(Cl)c(Nc2ccccc2P(C)(C)=O)n1. The standard InChI is InChI=1S/C25H32ClN6O2P/c1-31-11-13-32(14-12-31)17-18-9-10-20(22(15-18)34-2)29-25-27-16-19(26)24(30-25)28-21-7-5-6-8-23(21)35(3,4)33/h5-10,15-16H,11-14,17H2,1-4H3,(H2,27,28,29,30). The summed E-state index contributed by atoms with van der Waals surface area (Å²) in [6, 6.07) is 13.6. The molecule has 3 aromatic rings. The first-order valence-electron chi connectivity index (χ1n) is 11.5. The molecule has 0 amide bonds. The third kappa shape index (κ3) is 6.53. The van der Waals surface area contributed by atoms with E-state index in [4.69, 9.17) is 16.3 Å². The Morgan fingerprint density at radius 3 is 2.51 bits per heavy atom. The maximum absolute atomic E-state index is 12.7. The number of anilines is 4. The first kappa shape index (κ1) is 25.5. The van der Waals surface area contributed by atoms with E-state index >= 15 is 0 Å². The average molecular weight is 515 g/mol. The lowest BCUT2D eigenvalue weighted by Crippen LogP contribution is -2.43. The predicted molar refractivity (Wildman–Crippen MR) is 145 cm³/mol. The largest absolute Gasteiger partial charge is 0.495 e. The predicted octanol–water partition coefficient (Wildman–Crippen LogP) is 4.62. The highest BCUT2D eigenvalue weighted by molar-refractivity contribution is 7.70. The molecule has 2 N–H and O–H groups in total. The van der Waals surface area contributed by atoms with Crippen LogP contribution < -0.4 is 20.7 Å². The normalized spacial score (nSPS) is 15.1. The van der Waals surface area contributed by atoms with Crippen LogP contribution in [-0.2, 0) is 11.1 Å². The average Bonchev–Trinajstić information content (AvgIpc) is 2.83. The number of rotatable bonds is 8. The first-order valence-corrected chi connectivity index (χ1v) is 14.5. The highest BCUT2D eigenvalue weighted by Crippen LogP contribution is 2.38. The van der Waals surface area contributed by atoms with Gasteiger partial charge in [-0.1, -0.05) is 29.8 Å². The number of nitrogens with zero attached hydrogens (tertiary/aromatic N) is 4. The van der Waals surface area contributed by atoms with Crippen molar-refractivity contribution >= 4 is 47.2 Å². The van der Waals surface area contributed by atoms with Gasteiger partial charge in [0.25, 0.3) is 0 Å². The summed E-state index contributed by atoms with van der Waals surface area (Å²) in [7, 11) is 1.32. The highest BCUT2D eigenvalue weighted by atomic mass is 35.5. The molecule has 1 aliphatic rings. The number of likely N-dealkylation sites (N-methyl/N-ethyl adjacent to an activating group) is 1. The lowest BCUT2D eigenvalue weighted by atomic mass is 10.1. The minimum atomic E-state index is -2.49. The van der Waals surface area contributed by atoms with Gasteiger partial charge in [0.2, 0.25) is 5.95 Å². The molecule has 4 rings (SSSR count). The first-order chi connectivity index (χ1) is 16.7. The summed E-state index contributed by atoms with van der Waals surface area (Å²) in [5.41, 5.74) is 2.66. The Kier molecular flexibility index (Phi) is 7.97. The number of ether oxygens (including phenoxy) is 1. The number of halogens is 1. The quantitative estimate of drug-likeness (QED) is 0.421. The summed E-state index contributed by atoms with van der Waals surface area (Å²) in [6.07, 6.45) is 1.54. The molecule has 0 bridgehead atoms. The zero-order chi connectivity index (χ0) is 25.0. The van der Waals surface area contributed by atoms with Gasteiger partial charge in [0.15, 0.2) is 5.82 Å². The van der Waals surface area contributed by atoms with Crippen molar-refractivity contribution < 1.29 is 9.30 Å². The van der Waals surface area contributed by atoms with Crippen LogP contribution in [0.2, 0.25) is 5.02 Å². The molecule has 10 heteroatoms. The molecule has 1 fully saturated rings. The van der Waals surface area contributed by atoms with E-state index in [0.717, 1.165) is 43.7 Å². The third-order valence-electron chi connectivity index (χ3n) is 6.00. The summed E-state index contributed by atoms with van der Waals surface area (Å²) in [4.78, 5) is 13.7. The van der Waals surface area contributed by atoms with Crippen LogP contribution in [0, 0.1) is 0 Å². The Balaban J connectivity index is 1.52. The third-order valence-corrected chi connectivity index (χ3v) is 7.82. The van der Waals surface area contributed by atoms with Crippen LogP contribution in [0.15, 0.2) is 48.7 Å². The molecule has 0 saturated carbocycles. The van der Waals surface area contributed by atoms with Crippen LogP contribution in [-0.4, -0.2) is 73.4 Å². The number of hydrogen-bond donors (Lipinski definition) is 2. The molecule has 8 nitrogen and oxygen atoms in total. The van der Waals surface area contributed by atoms with Gasteiger partial charge < -0.3 is 24.8 Å². The van der Waals surface area contributed by atoms with Crippen LogP contribution >= 0.6 is 18.7 Å². The second kappa shape index (κ2) is 11.0. The smallest absolute Gasteiger partial charge is 0.229 e. The molecule has 35 heavy (non-hydrogen) atoms. The Bertz CT molecular complexity index is 1230. The maximum atomic E-state index is 12.7. The summed E-state index contributed by atoms with van der Waals surface area (Å²) in [6.45, 7) is 8.64. The molecule has 0 unspecified atom stereocenters. The highest BCUT2D eigenvalue weighted by Gasteiger charge is 2.18. The fraction of sp³-hybridized carbons (Fsp3) is 0.360. The van der Waals surface area contributed by atoms with Crippen molar-refractivity contribution in [1.82, 2.24) is 19.8 Å². The van der Waals surface area contributed by atoms with Crippen molar-refractivity contribution in [1.29, 1.82) is 0 Å². The fourth-order valence-electron chi connectivity index (χ4n) is 4.01. The van der Waals surface area contributed by atoms with Crippen LogP contribution in [0.5, 0.6) is 5.75 Å². The van der Waals surface area contributed by atoms with Gasteiger partial charge in [-0.05, 0) is 50.2 Å². The van der Waals surface area contributed by atoms with Crippen LogP contribution in [0.1, 0.15) is 5.56 Å². The van der Waals surface area contributed by atoms with Crippen molar-refractivity contribution in [2.75, 3.05) is 64.3 Å². The van der Waals surface area contributed by atoms with Crippen LogP contribution in [0.4, 0.5) is 23.1 Å². The molecule has 1 saturated heterocycles. The van der Waals surface area contributed by atoms with Crippen molar-refractivity contribution in [3.05, 3.63) is 59.2 Å². The maximum Gasteiger partial charge on any atom is 0.229 e. The monoisotopic (exact) mass is 514 g/mol. The lowest BCUT2D eigenvalue weighted by molar-refractivity contribution is 0.148. The van der Waals surface area contributed by atoms with Crippen molar-refractivity contribution in [3.8, 4) is 5.75 Å². The molecule has 0 radical (unpaired) electrons. The van der Waals surface area contributed by atoms with E-state index in [-0.39, 0.29) is 0 Å². The van der Waals surface area contributed by atoms with Gasteiger partial charge in [0.05, 0.1) is 24.7 Å². The second-order valence-corrected chi connectivity index (χ2v) is 12.7. The Morgan fingerprint density at radius 2 is 1.80 bits per heavy atom. The number of benzene rings is 2. The van der Waals surface area contributed by atoms with E-state index < -0.39 is 7.14 Å². The molecular formula is C25H32ClN6O2P. The number of hydrogen-bond acceptors (Lipinski definition) is 8. The summed E-state index contributed by atoms with van der Waals surface area (Å²) >= 11 is 6.38. The van der Waals surface area contributed by atoms with E-state index in [2.05, 4.69) is 43.5 Å². The Hall–Kier alpha value is -2.64. The summed E-state index contributed by atoms with van der Waals surface area (Å²) < 4.78 is 18.4. The van der Waals surface area contributed by atoms with E-state index in [9.17, 15) is 4.57 Å². The van der Waals surface area contributed by atoms with Crippen molar-refractivity contribution in [2.24, 2.45) is 0 Å². The van der Waals surface area contributed by atoms with Gasteiger partial charge in [-0.2, -0.15) is 4.98 Å². The lowest BCUT2D eigenvalue weighted by Gasteiger charge is -2.32. The minimum Gasteiger partial charge on any atom is -0.495 e. The number of para-hydroxylation sites is 1. The minimum absolute atomic E-state index is 0.363. The van der Waals surface area contributed by atoms with Crippen molar-refractivity contribution in [2.45, 2.75) is 6.54 Å². The topological polar surface area (TPSA) is 82.6 Å². The number of nitrogens with one attached hydrogen (secondary N) is 2. The number of aromatic nitrogens is 2. The molecule has 0 spiro atoms. The molecular weight excluding hydrogens is 483 g/mol. The van der Waals surface area contributed by atoms with Gasteiger partial charge >= 0.3 is 0 Å². The molecule has 2 heterocycles. The zero-order valence-corrected chi connectivity index (χ0v) is 22.2. The number of piperazine rings is 1. The molecule has 0 aliphatic carbocycles.